The van der Waals surface area contributed by atoms with Crippen LogP contribution in [0.1, 0.15) is 31.7 Å². The summed E-state index contributed by atoms with van der Waals surface area (Å²) in [5.74, 6) is 3.35. The van der Waals surface area contributed by atoms with Crippen molar-refractivity contribution in [1.29, 1.82) is 0 Å². The van der Waals surface area contributed by atoms with E-state index in [-0.39, 0.29) is 24.0 Å². The van der Waals surface area contributed by atoms with Gasteiger partial charge in [-0.05, 0) is 43.5 Å². The van der Waals surface area contributed by atoms with Crippen molar-refractivity contribution in [2.24, 2.45) is 4.99 Å². The molecule has 8 heteroatoms. The zero-order valence-electron chi connectivity index (χ0n) is 17.4. The molecule has 30 heavy (non-hydrogen) atoms. The Morgan fingerprint density at radius 3 is 2.60 bits per heavy atom. The summed E-state index contributed by atoms with van der Waals surface area (Å²) < 4.78 is 11.5. The molecular weight excluding hydrogens is 493 g/mol. The Morgan fingerprint density at radius 2 is 1.87 bits per heavy atom. The number of anilines is 2. The van der Waals surface area contributed by atoms with Crippen molar-refractivity contribution in [2.45, 2.75) is 32.7 Å². The highest BCUT2D eigenvalue weighted by Gasteiger charge is 2.13. The van der Waals surface area contributed by atoms with E-state index in [1.807, 2.05) is 24.4 Å². The van der Waals surface area contributed by atoms with Crippen molar-refractivity contribution >= 4 is 41.4 Å². The highest BCUT2D eigenvalue weighted by atomic mass is 127. The van der Waals surface area contributed by atoms with E-state index < -0.39 is 0 Å². The van der Waals surface area contributed by atoms with E-state index in [1.165, 1.54) is 12.8 Å². The first-order chi connectivity index (χ1) is 14.3. The summed E-state index contributed by atoms with van der Waals surface area (Å²) in [6.45, 7) is 6.97. The van der Waals surface area contributed by atoms with Crippen molar-refractivity contribution in [3.63, 3.8) is 0 Å². The largest absolute Gasteiger partial charge is 0.490 e. The lowest BCUT2D eigenvalue weighted by atomic mass is 10.2. The molecule has 3 heterocycles. The quantitative estimate of drug-likeness (QED) is 0.351. The number of aromatic nitrogens is 1. The molecule has 1 saturated heterocycles. The second-order valence-electron chi connectivity index (χ2n) is 7.25. The minimum atomic E-state index is 0. The summed E-state index contributed by atoms with van der Waals surface area (Å²) in [4.78, 5) is 11.7. The van der Waals surface area contributed by atoms with Gasteiger partial charge in [0.2, 0.25) is 0 Å². The summed E-state index contributed by atoms with van der Waals surface area (Å²) in [5, 5.41) is 6.64. The third kappa shape index (κ3) is 5.90. The number of hydrogen-bond donors (Lipinski definition) is 2. The third-order valence-electron chi connectivity index (χ3n) is 5.01. The Bertz CT molecular complexity index is 838. The fourth-order valence-electron chi connectivity index (χ4n) is 3.50. The Labute approximate surface area is 195 Å². The van der Waals surface area contributed by atoms with Gasteiger partial charge in [0.1, 0.15) is 5.82 Å². The molecule has 0 aliphatic carbocycles. The fraction of sp³-hybridized carbons (Fsp3) is 0.455. The molecule has 0 saturated carbocycles. The first-order valence-corrected chi connectivity index (χ1v) is 10.5. The van der Waals surface area contributed by atoms with Gasteiger partial charge in [-0.2, -0.15) is 0 Å². The van der Waals surface area contributed by atoms with Crippen molar-refractivity contribution in [2.75, 3.05) is 43.1 Å². The maximum absolute atomic E-state index is 5.78. The van der Waals surface area contributed by atoms with E-state index in [2.05, 4.69) is 39.6 Å². The molecule has 2 aromatic rings. The van der Waals surface area contributed by atoms with Gasteiger partial charge in [0, 0.05) is 44.0 Å². The van der Waals surface area contributed by atoms with Crippen LogP contribution in [0, 0.1) is 0 Å². The number of nitrogens with one attached hydrogen (secondary N) is 2. The van der Waals surface area contributed by atoms with Gasteiger partial charge < -0.3 is 25.0 Å². The molecular formula is C22H30IN5O2. The zero-order chi connectivity index (χ0) is 19.9. The highest BCUT2D eigenvalue weighted by Crippen LogP contribution is 2.32. The van der Waals surface area contributed by atoms with Gasteiger partial charge in [0.25, 0.3) is 0 Å². The van der Waals surface area contributed by atoms with Crippen molar-refractivity contribution < 1.29 is 9.47 Å². The van der Waals surface area contributed by atoms with Crippen LogP contribution in [0.2, 0.25) is 0 Å². The molecule has 0 amide bonds. The second kappa shape index (κ2) is 11.2. The second-order valence-corrected chi connectivity index (χ2v) is 7.25. The molecule has 7 nitrogen and oxygen atoms in total. The first-order valence-electron chi connectivity index (χ1n) is 10.5. The van der Waals surface area contributed by atoms with Crippen LogP contribution in [0.4, 0.5) is 11.5 Å². The van der Waals surface area contributed by atoms with Crippen LogP contribution in [0.15, 0.2) is 41.5 Å². The molecule has 2 N–H and O–H groups in total. The average molecular weight is 523 g/mol. The predicted octanol–water partition coefficient (Wildman–Crippen LogP) is 4.04. The smallest absolute Gasteiger partial charge is 0.196 e. The Balaban J connectivity index is 0.00000256. The van der Waals surface area contributed by atoms with Gasteiger partial charge in [0.05, 0.1) is 19.8 Å². The third-order valence-corrected chi connectivity index (χ3v) is 5.01. The van der Waals surface area contributed by atoms with Gasteiger partial charge in [0.15, 0.2) is 17.5 Å². The highest BCUT2D eigenvalue weighted by molar-refractivity contribution is 14.0. The van der Waals surface area contributed by atoms with Crippen molar-refractivity contribution in [1.82, 2.24) is 10.3 Å². The standard InChI is InChI=1S/C22H29N5O2.HI/c1-2-23-22(26-18-7-8-19-20(14-18)29-13-5-12-28-19)25-16-17-6-9-21(24-15-17)27-10-3-4-11-27;/h6-9,14-15H,2-5,10-13,16H2,1H3,(H2,23,25,26);1H. The van der Waals surface area contributed by atoms with E-state index >= 15 is 0 Å². The molecule has 2 aliphatic rings. The van der Waals surface area contributed by atoms with E-state index in [1.54, 1.807) is 0 Å². The lowest BCUT2D eigenvalue weighted by Gasteiger charge is -2.16. The molecule has 0 bridgehead atoms. The Kier molecular flexibility index (Phi) is 8.41. The lowest BCUT2D eigenvalue weighted by Crippen LogP contribution is -2.30. The number of rotatable bonds is 5. The number of aliphatic imine (C=N–C) groups is 1. The number of halogens is 1. The molecule has 0 atom stereocenters. The molecule has 1 fully saturated rings. The Hall–Kier alpha value is -2.23. The van der Waals surface area contributed by atoms with Gasteiger partial charge in [-0.25, -0.2) is 9.98 Å². The van der Waals surface area contributed by atoms with E-state index in [0.717, 1.165) is 60.6 Å². The minimum Gasteiger partial charge on any atom is -0.490 e. The minimum absolute atomic E-state index is 0. The van der Waals surface area contributed by atoms with Crippen LogP contribution in [-0.4, -0.2) is 43.8 Å². The number of benzene rings is 1. The molecule has 4 rings (SSSR count). The summed E-state index contributed by atoms with van der Waals surface area (Å²) in [5.41, 5.74) is 2.00. The van der Waals surface area contributed by atoms with Gasteiger partial charge in [-0.15, -0.1) is 24.0 Å². The predicted molar refractivity (Wildman–Crippen MR) is 132 cm³/mol. The molecule has 1 aromatic carbocycles. The van der Waals surface area contributed by atoms with E-state index in [9.17, 15) is 0 Å². The first kappa shape index (κ1) is 22.5. The van der Waals surface area contributed by atoms with Crippen LogP contribution in [0.3, 0.4) is 0 Å². The number of hydrogen-bond acceptors (Lipinski definition) is 5. The zero-order valence-corrected chi connectivity index (χ0v) is 19.7. The van der Waals surface area contributed by atoms with Gasteiger partial charge in [-0.3, -0.25) is 0 Å². The fourth-order valence-corrected chi connectivity index (χ4v) is 3.50. The van der Waals surface area contributed by atoms with Crippen LogP contribution < -0.4 is 25.0 Å². The summed E-state index contributed by atoms with van der Waals surface area (Å²) in [7, 11) is 0. The van der Waals surface area contributed by atoms with Crippen LogP contribution in [-0.2, 0) is 6.54 Å². The SMILES string of the molecule is CCNC(=NCc1ccc(N2CCCC2)nc1)Nc1ccc2c(c1)OCCCO2.I. The Morgan fingerprint density at radius 1 is 1.07 bits per heavy atom. The lowest BCUT2D eigenvalue weighted by molar-refractivity contribution is 0.297. The molecule has 0 spiro atoms. The topological polar surface area (TPSA) is 71.0 Å². The molecule has 2 aliphatic heterocycles. The number of fused-ring (bicyclic) bond motifs is 1. The number of guanidine groups is 1. The summed E-state index contributed by atoms with van der Waals surface area (Å²) >= 11 is 0. The molecule has 0 unspecified atom stereocenters. The monoisotopic (exact) mass is 523 g/mol. The number of pyridine rings is 1. The molecule has 0 radical (unpaired) electrons. The van der Waals surface area contributed by atoms with Crippen LogP contribution >= 0.6 is 24.0 Å². The summed E-state index contributed by atoms with van der Waals surface area (Å²) in [6.07, 6.45) is 5.33. The van der Waals surface area contributed by atoms with Crippen LogP contribution in [0.5, 0.6) is 11.5 Å². The molecule has 1 aromatic heterocycles. The molecule has 162 valence electrons. The average Bonchev–Trinajstić information content (AvgIpc) is 3.18. The maximum atomic E-state index is 5.78. The van der Waals surface area contributed by atoms with Crippen molar-refractivity contribution in [3.8, 4) is 11.5 Å². The van der Waals surface area contributed by atoms with E-state index in [0.29, 0.717) is 19.8 Å². The van der Waals surface area contributed by atoms with Crippen molar-refractivity contribution in [3.05, 3.63) is 42.1 Å². The van der Waals surface area contributed by atoms with Gasteiger partial charge in [-0.1, -0.05) is 6.07 Å². The van der Waals surface area contributed by atoms with Crippen LogP contribution in [0.25, 0.3) is 0 Å². The summed E-state index contributed by atoms with van der Waals surface area (Å²) in [6, 6.07) is 10.1. The van der Waals surface area contributed by atoms with E-state index in [4.69, 9.17) is 14.5 Å². The number of ether oxygens (including phenoxy) is 2. The number of nitrogens with zero attached hydrogens (tertiary/aromatic N) is 3. The maximum Gasteiger partial charge on any atom is 0.196 e. The van der Waals surface area contributed by atoms with Gasteiger partial charge >= 0.3 is 0 Å². The normalized spacial score (nSPS) is 15.9.